The lowest BCUT2D eigenvalue weighted by Crippen LogP contribution is -2.50. The summed E-state index contributed by atoms with van der Waals surface area (Å²) in [5, 5.41) is 3.31. The van der Waals surface area contributed by atoms with E-state index in [4.69, 9.17) is 44.6 Å². The molecule has 1 aromatic carbocycles. The quantitative estimate of drug-likeness (QED) is 0.283. The third-order valence-corrected chi connectivity index (χ3v) is 5.50. The number of benzene rings is 1. The van der Waals surface area contributed by atoms with Gasteiger partial charge in [0.2, 0.25) is 17.7 Å². The zero-order valence-electron chi connectivity index (χ0n) is 17.4. The summed E-state index contributed by atoms with van der Waals surface area (Å²) in [6.45, 7) is 0.852. The van der Waals surface area contributed by atoms with Crippen molar-refractivity contribution in [1.82, 2.24) is 21.1 Å². The highest BCUT2D eigenvalue weighted by molar-refractivity contribution is 7.80. The van der Waals surface area contributed by atoms with Gasteiger partial charge in [-0.3, -0.25) is 25.2 Å². The minimum Gasteiger partial charge on any atom is -0.492 e. The number of nitrogens with one attached hydrogen (secondary N) is 3. The number of carbonyl (C=O) groups excluding carboxylic acids is 3. The van der Waals surface area contributed by atoms with Gasteiger partial charge in [0.25, 0.3) is 0 Å². The zero-order valence-corrected chi connectivity index (χ0v) is 19.8. The summed E-state index contributed by atoms with van der Waals surface area (Å²) in [5.41, 5.74) is 4.92. The van der Waals surface area contributed by atoms with E-state index in [1.165, 1.54) is 6.26 Å². The van der Waals surface area contributed by atoms with Gasteiger partial charge in [-0.25, -0.2) is 0 Å². The molecule has 3 rings (SSSR count). The number of likely N-dealkylation sites (tertiary alicyclic amines) is 1. The van der Waals surface area contributed by atoms with E-state index in [1.54, 1.807) is 35.2 Å². The van der Waals surface area contributed by atoms with Crippen LogP contribution in [0.4, 0.5) is 0 Å². The Morgan fingerprint density at radius 2 is 2.06 bits per heavy atom. The second kappa shape index (κ2) is 11.9. The van der Waals surface area contributed by atoms with E-state index < -0.39 is 11.8 Å². The van der Waals surface area contributed by atoms with E-state index in [-0.39, 0.29) is 42.9 Å². The summed E-state index contributed by atoms with van der Waals surface area (Å²) >= 11 is 16.9. The summed E-state index contributed by atoms with van der Waals surface area (Å²) in [7, 11) is 0. The van der Waals surface area contributed by atoms with Gasteiger partial charge in [0, 0.05) is 24.4 Å². The second-order valence-electron chi connectivity index (χ2n) is 7.27. The fourth-order valence-corrected chi connectivity index (χ4v) is 3.77. The number of hydrogen-bond donors (Lipinski definition) is 3. The van der Waals surface area contributed by atoms with Crippen molar-refractivity contribution in [2.75, 3.05) is 13.2 Å². The molecule has 9 nitrogen and oxygen atoms in total. The van der Waals surface area contributed by atoms with Crippen molar-refractivity contribution < 1.29 is 23.5 Å². The first-order chi connectivity index (χ1) is 15.8. The van der Waals surface area contributed by atoms with E-state index in [1.807, 2.05) is 0 Å². The Labute approximate surface area is 205 Å². The maximum Gasteiger partial charge on any atom is 0.243 e. The average molecular weight is 513 g/mol. The van der Waals surface area contributed by atoms with Gasteiger partial charge in [0.15, 0.2) is 5.11 Å². The third-order valence-electron chi connectivity index (χ3n) is 4.76. The highest BCUT2D eigenvalue weighted by Gasteiger charge is 2.34. The van der Waals surface area contributed by atoms with Gasteiger partial charge in [-0.2, -0.15) is 0 Å². The maximum absolute atomic E-state index is 12.3. The van der Waals surface area contributed by atoms with Crippen LogP contribution in [-0.2, 0) is 20.9 Å². The van der Waals surface area contributed by atoms with Crippen LogP contribution < -0.4 is 20.9 Å². The number of furan rings is 1. The van der Waals surface area contributed by atoms with Crippen molar-refractivity contribution in [3.8, 4) is 5.75 Å². The van der Waals surface area contributed by atoms with Crippen LogP contribution in [0.15, 0.2) is 41.0 Å². The number of thiocarbonyl (C=S) groups is 1. The molecule has 1 fully saturated rings. The molecular formula is C21H22Cl2N4O5S. The highest BCUT2D eigenvalue weighted by Crippen LogP contribution is 2.27. The monoisotopic (exact) mass is 512 g/mol. The summed E-state index contributed by atoms with van der Waals surface area (Å²) in [6.07, 6.45) is 2.20. The molecule has 0 spiro atoms. The van der Waals surface area contributed by atoms with E-state index in [0.717, 1.165) is 0 Å². The van der Waals surface area contributed by atoms with Crippen molar-refractivity contribution in [2.45, 2.75) is 25.8 Å². The summed E-state index contributed by atoms with van der Waals surface area (Å²) in [5.74, 6) is -0.272. The molecule has 0 bridgehead atoms. The van der Waals surface area contributed by atoms with Crippen LogP contribution in [0, 0.1) is 5.92 Å². The standard InChI is InChI=1S/C21H22Cl2N4O5S/c22-14-5-6-17(16(23)10-14)32-8-2-4-18(28)24-21(33)26-25-20(30)13-9-19(29)27(11-13)12-15-3-1-7-31-15/h1,3,5-7,10,13H,2,4,8-9,11-12H2,(H,25,30)(H2,24,26,28,33). The molecule has 3 N–H and O–H groups in total. The number of ether oxygens (including phenoxy) is 1. The predicted octanol–water partition coefficient (Wildman–Crippen LogP) is 2.82. The van der Waals surface area contributed by atoms with Gasteiger partial charge in [0.05, 0.1) is 30.4 Å². The topological polar surface area (TPSA) is 113 Å². The Morgan fingerprint density at radius 1 is 1.24 bits per heavy atom. The molecule has 1 unspecified atom stereocenters. The van der Waals surface area contributed by atoms with E-state index in [9.17, 15) is 14.4 Å². The van der Waals surface area contributed by atoms with E-state index in [2.05, 4.69) is 16.2 Å². The molecule has 0 radical (unpaired) electrons. The Hall–Kier alpha value is -2.82. The molecule has 1 saturated heterocycles. The van der Waals surface area contributed by atoms with Crippen LogP contribution in [0.25, 0.3) is 0 Å². The summed E-state index contributed by atoms with van der Waals surface area (Å²) in [4.78, 5) is 38.0. The third kappa shape index (κ3) is 7.62. The van der Waals surface area contributed by atoms with Gasteiger partial charge in [-0.15, -0.1) is 0 Å². The first-order valence-electron chi connectivity index (χ1n) is 10.1. The minimum absolute atomic E-state index is 0.0493. The van der Waals surface area contributed by atoms with Gasteiger partial charge >= 0.3 is 0 Å². The van der Waals surface area contributed by atoms with Crippen LogP contribution in [0.3, 0.4) is 0 Å². The molecule has 12 heteroatoms. The van der Waals surface area contributed by atoms with Gasteiger partial charge < -0.3 is 19.4 Å². The molecule has 2 aromatic rings. The lowest BCUT2D eigenvalue weighted by Gasteiger charge is -2.16. The Bertz CT molecular complexity index is 1020. The number of carbonyl (C=O) groups is 3. The predicted molar refractivity (Wildman–Crippen MR) is 125 cm³/mol. The van der Waals surface area contributed by atoms with Gasteiger partial charge in [-0.1, -0.05) is 23.2 Å². The molecule has 176 valence electrons. The number of hydrazine groups is 1. The molecule has 1 aliphatic heterocycles. The Kier molecular flexibility index (Phi) is 8.93. The van der Waals surface area contributed by atoms with Crippen molar-refractivity contribution in [1.29, 1.82) is 0 Å². The van der Waals surface area contributed by atoms with Gasteiger partial charge in [0.1, 0.15) is 11.5 Å². The lowest BCUT2D eigenvalue weighted by molar-refractivity contribution is -0.129. The zero-order chi connectivity index (χ0) is 23.8. The van der Waals surface area contributed by atoms with Crippen LogP contribution >= 0.6 is 35.4 Å². The van der Waals surface area contributed by atoms with Crippen molar-refractivity contribution in [3.05, 3.63) is 52.4 Å². The minimum atomic E-state index is -0.532. The second-order valence-corrected chi connectivity index (χ2v) is 8.52. The first kappa shape index (κ1) is 24.8. The SMILES string of the molecule is O=C(CCCOc1ccc(Cl)cc1Cl)NC(=S)NNC(=O)C1CC(=O)N(Cc2ccco2)C1. The molecule has 2 heterocycles. The smallest absolute Gasteiger partial charge is 0.243 e. The van der Waals surface area contributed by atoms with Crippen LogP contribution in [0.5, 0.6) is 5.75 Å². The maximum atomic E-state index is 12.3. The van der Waals surface area contributed by atoms with Gasteiger partial charge in [-0.05, 0) is 49.0 Å². The number of hydrogen-bond acceptors (Lipinski definition) is 6. The van der Waals surface area contributed by atoms with Crippen molar-refractivity contribution >= 4 is 58.3 Å². The average Bonchev–Trinajstić information content (AvgIpc) is 3.41. The molecule has 1 aliphatic rings. The van der Waals surface area contributed by atoms with Crippen LogP contribution in [-0.4, -0.2) is 40.9 Å². The first-order valence-corrected chi connectivity index (χ1v) is 11.3. The molecule has 33 heavy (non-hydrogen) atoms. The van der Waals surface area contributed by atoms with Crippen molar-refractivity contribution in [2.24, 2.45) is 5.92 Å². The van der Waals surface area contributed by atoms with E-state index in [0.29, 0.717) is 34.5 Å². The van der Waals surface area contributed by atoms with E-state index >= 15 is 0 Å². The largest absolute Gasteiger partial charge is 0.492 e. The fraction of sp³-hybridized carbons (Fsp3) is 0.333. The number of amides is 3. The molecule has 0 saturated carbocycles. The van der Waals surface area contributed by atoms with Crippen LogP contribution in [0.2, 0.25) is 10.0 Å². The van der Waals surface area contributed by atoms with Crippen molar-refractivity contribution in [3.63, 3.8) is 0 Å². The number of rotatable bonds is 8. The number of halogens is 2. The molecule has 0 aliphatic carbocycles. The Morgan fingerprint density at radius 3 is 2.79 bits per heavy atom. The molecule has 1 aromatic heterocycles. The molecular weight excluding hydrogens is 491 g/mol. The van der Waals surface area contributed by atoms with Crippen LogP contribution in [0.1, 0.15) is 25.0 Å². The lowest BCUT2D eigenvalue weighted by atomic mass is 10.1. The molecule has 3 amide bonds. The summed E-state index contributed by atoms with van der Waals surface area (Å²) in [6, 6.07) is 8.39. The summed E-state index contributed by atoms with van der Waals surface area (Å²) < 4.78 is 10.8. The normalized spacial score (nSPS) is 15.3. The number of nitrogens with zero attached hydrogens (tertiary/aromatic N) is 1. The molecule has 1 atom stereocenters. The Balaban J connectivity index is 1.31. The fourth-order valence-electron chi connectivity index (χ4n) is 3.14. The highest BCUT2D eigenvalue weighted by atomic mass is 35.5.